The van der Waals surface area contributed by atoms with Gasteiger partial charge in [0.25, 0.3) is 0 Å². The van der Waals surface area contributed by atoms with Crippen molar-refractivity contribution in [3.8, 4) is 11.5 Å². The summed E-state index contributed by atoms with van der Waals surface area (Å²) in [4.78, 5) is 7.00. The van der Waals surface area contributed by atoms with E-state index in [1.54, 1.807) is 12.1 Å². The minimum atomic E-state index is -0.222. The molecule has 7 nitrogen and oxygen atoms in total. The van der Waals surface area contributed by atoms with E-state index in [-0.39, 0.29) is 11.9 Å². The van der Waals surface area contributed by atoms with Crippen molar-refractivity contribution < 1.29 is 18.6 Å². The van der Waals surface area contributed by atoms with Crippen LogP contribution in [0.3, 0.4) is 0 Å². The van der Waals surface area contributed by atoms with Gasteiger partial charge in [-0.05, 0) is 43.3 Å². The van der Waals surface area contributed by atoms with Crippen LogP contribution in [-0.4, -0.2) is 70.0 Å². The Labute approximate surface area is 188 Å². The molecule has 1 saturated heterocycles. The lowest BCUT2D eigenvalue weighted by atomic mass is 10.1. The van der Waals surface area contributed by atoms with Gasteiger partial charge in [0.15, 0.2) is 17.5 Å². The van der Waals surface area contributed by atoms with Gasteiger partial charge in [-0.25, -0.2) is 4.39 Å². The molecule has 0 spiro atoms. The molecule has 0 radical (unpaired) electrons. The van der Waals surface area contributed by atoms with E-state index in [1.165, 1.54) is 6.07 Å². The highest BCUT2D eigenvalue weighted by Crippen LogP contribution is 2.32. The van der Waals surface area contributed by atoms with Crippen LogP contribution in [0.2, 0.25) is 0 Å². The number of morpholine rings is 1. The van der Waals surface area contributed by atoms with Gasteiger partial charge in [-0.15, -0.1) is 0 Å². The molecule has 2 aliphatic rings. The van der Waals surface area contributed by atoms with E-state index in [0.717, 1.165) is 42.3 Å². The number of nitrogens with zero attached hydrogens (tertiary/aromatic N) is 2. The molecule has 0 amide bonds. The Hall–Kier alpha value is -2.84. The number of rotatable bonds is 6. The smallest absolute Gasteiger partial charge is 0.195 e. The van der Waals surface area contributed by atoms with Gasteiger partial charge in [-0.1, -0.05) is 12.1 Å². The number of benzene rings is 2. The summed E-state index contributed by atoms with van der Waals surface area (Å²) < 4.78 is 30.8. The largest absolute Gasteiger partial charge is 0.490 e. The van der Waals surface area contributed by atoms with Crippen LogP contribution in [0.4, 0.5) is 10.1 Å². The number of hydrogen-bond donors (Lipinski definition) is 2. The summed E-state index contributed by atoms with van der Waals surface area (Å²) in [5.74, 6) is 1.90. The monoisotopic (exact) mass is 442 g/mol. The number of aliphatic imine (C=N–C) groups is 1. The van der Waals surface area contributed by atoms with Crippen molar-refractivity contribution in [2.24, 2.45) is 4.99 Å². The standard InChI is InChI=1S/C24H31FN4O3/c1-29-10-13-30-21(17-29)16-27-24(26-9-8-18-4-2-5-19(25)14-18)28-20-6-7-22-23(15-20)32-12-3-11-31-22/h2,4-7,14-15,21H,3,8-13,16-17H2,1H3,(H2,26,27,28). The fourth-order valence-electron chi connectivity index (χ4n) is 3.71. The molecular formula is C24H31FN4O3. The van der Waals surface area contributed by atoms with Gasteiger partial charge in [0.2, 0.25) is 0 Å². The number of nitrogens with one attached hydrogen (secondary N) is 2. The van der Waals surface area contributed by atoms with Gasteiger partial charge in [-0.3, -0.25) is 4.99 Å². The Morgan fingerprint density at radius 2 is 2.00 bits per heavy atom. The highest BCUT2D eigenvalue weighted by atomic mass is 19.1. The molecule has 2 N–H and O–H groups in total. The Kier molecular flexibility index (Phi) is 7.79. The molecule has 1 unspecified atom stereocenters. The maximum atomic E-state index is 13.5. The van der Waals surface area contributed by atoms with Gasteiger partial charge in [-0.2, -0.15) is 0 Å². The fraction of sp³-hybridized carbons (Fsp3) is 0.458. The normalized spacial score (nSPS) is 19.3. The van der Waals surface area contributed by atoms with Crippen LogP contribution in [0.25, 0.3) is 0 Å². The predicted molar refractivity (Wildman–Crippen MR) is 123 cm³/mol. The fourth-order valence-corrected chi connectivity index (χ4v) is 3.71. The lowest BCUT2D eigenvalue weighted by Crippen LogP contribution is -2.42. The molecule has 32 heavy (non-hydrogen) atoms. The van der Waals surface area contributed by atoms with Gasteiger partial charge >= 0.3 is 0 Å². The average Bonchev–Trinajstić information content (AvgIpc) is 3.02. The van der Waals surface area contributed by atoms with E-state index in [9.17, 15) is 4.39 Å². The summed E-state index contributed by atoms with van der Waals surface area (Å²) in [6, 6.07) is 12.4. The van der Waals surface area contributed by atoms with Crippen LogP contribution in [0, 0.1) is 5.82 Å². The molecule has 2 aliphatic heterocycles. The van der Waals surface area contributed by atoms with Gasteiger partial charge in [0.1, 0.15) is 5.82 Å². The SMILES string of the molecule is CN1CCOC(CN=C(NCCc2cccc(F)c2)Nc2ccc3c(c2)OCCCO3)C1. The van der Waals surface area contributed by atoms with Gasteiger partial charge < -0.3 is 29.7 Å². The second kappa shape index (κ2) is 11.2. The molecule has 1 atom stereocenters. The third-order valence-corrected chi connectivity index (χ3v) is 5.40. The van der Waals surface area contributed by atoms with E-state index in [0.29, 0.717) is 45.3 Å². The maximum Gasteiger partial charge on any atom is 0.195 e. The van der Waals surface area contributed by atoms with E-state index >= 15 is 0 Å². The summed E-state index contributed by atoms with van der Waals surface area (Å²) in [6.45, 7) is 4.96. The molecule has 0 bridgehead atoms. The Balaban J connectivity index is 1.42. The van der Waals surface area contributed by atoms with Crippen LogP contribution < -0.4 is 20.1 Å². The van der Waals surface area contributed by atoms with Gasteiger partial charge in [0.05, 0.1) is 32.5 Å². The topological polar surface area (TPSA) is 67.4 Å². The van der Waals surface area contributed by atoms with Crippen molar-refractivity contribution in [3.63, 3.8) is 0 Å². The minimum absolute atomic E-state index is 0.0550. The third kappa shape index (κ3) is 6.58. The van der Waals surface area contributed by atoms with Crippen LogP contribution in [0.15, 0.2) is 47.5 Å². The molecule has 8 heteroatoms. The molecule has 2 aromatic carbocycles. The van der Waals surface area contributed by atoms with E-state index in [4.69, 9.17) is 19.2 Å². The molecule has 0 aromatic heterocycles. The zero-order valence-corrected chi connectivity index (χ0v) is 18.5. The number of likely N-dealkylation sites (N-methyl/N-ethyl adjacent to an activating group) is 1. The maximum absolute atomic E-state index is 13.5. The molecule has 2 heterocycles. The first kappa shape index (κ1) is 22.4. The molecule has 0 saturated carbocycles. The highest BCUT2D eigenvalue weighted by Gasteiger charge is 2.17. The van der Waals surface area contributed by atoms with Crippen LogP contribution in [0.1, 0.15) is 12.0 Å². The van der Waals surface area contributed by atoms with E-state index in [1.807, 2.05) is 24.3 Å². The van der Waals surface area contributed by atoms with E-state index in [2.05, 4.69) is 22.6 Å². The van der Waals surface area contributed by atoms with Crippen molar-refractivity contribution in [2.75, 3.05) is 58.4 Å². The number of fused-ring (bicyclic) bond motifs is 1. The number of hydrogen-bond acceptors (Lipinski definition) is 5. The first-order valence-corrected chi connectivity index (χ1v) is 11.2. The molecule has 4 rings (SSSR count). The highest BCUT2D eigenvalue weighted by molar-refractivity contribution is 5.94. The predicted octanol–water partition coefficient (Wildman–Crippen LogP) is 2.92. The lowest BCUT2D eigenvalue weighted by molar-refractivity contribution is -0.0136. The molecular weight excluding hydrogens is 411 g/mol. The minimum Gasteiger partial charge on any atom is -0.490 e. The molecule has 1 fully saturated rings. The summed E-state index contributed by atoms with van der Waals surface area (Å²) in [5, 5.41) is 6.71. The van der Waals surface area contributed by atoms with Crippen LogP contribution in [0.5, 0.6) is 11.5 Å². The average molecular weight is 443 g/mol. The van der Waals surface area contributed by atoms with Crippen molar-refractivity contribution in [1.82, 2.24) is 10.2 Å². The quantitative estimate of drug-likeness (QED) is 0.530. The summed E-state index contributed by atoms with van der Waals surface area (Å²) in [6.07, 6.45) is 1.60. The Morgan fingerprint density at radius 3 is 2.84 bits per heavy atom. The molecule has 172 valence electrons. The Morgan fingerprint density at radius 1 is 1.12 bits per heavy atom. The molecule has 0 aliphatic carbocycles. The van der Waals surface area contributed by atoms with Crippen molar-refractivity contribution in [1.29, 1.82) is 0 Å². The number of halogens is 1. The van der Waals surface area contributed by atoms with E-state index < -0.39 is 0 Å². The zero-order valence-electron chi connectivity index (χ0n) is 18.5. The first-order chi connectivity index (χ1) is 15.7. The Bertz CT molecular complexity index is 924. The first-order valence-electron chi connectivity index (χ1n) is 11.2. The van der Waals surface area contributed by atoms with Crippen LogP contribution in [-0.2, 0) is 11.2 Å². The number of anilines is 1. The second-order valence-electron chi connectivity index (χ2n) is 8.09. The lowest BCUT2D eigenvalue weighted by Gasteiger charge is -2.29. The van der Waals surface area contributed by atoms with Crippen molar-refractivity contribution in [3.05, 3.63) is 53.8 Å². The summed E-state index contributed by atoms with van der Waals surface area (Å²) in [7, 11) is 2.09. The summed E-state index contributed by atoms with van der Waals surface area (Å²) in [5.41, 5.74) is 1.79. The van der Waals surface area contributed by atoms with Crippen molar-refractivity contribution in [2.45, 2.75) is 18.9 Å². The van der Waals surface area contributed by atoms with Crippen molar-refractivity contribution >= 4 is 11.6 Å². The van der Waals surface area contributed by atoms with Crippen LogP contribution >= 0.6 is 0 Å². The zero-order chi connectivity index (χ0) is 22.2. The second-order valence-corrected chi connectivity index (χ2v) is 8.09. The summed E-state index contributed by atoms with van der Waals surface area (Å²) >= 11 is 0. The number of ether oxygens (including phenoxy) is 3. The van der Waals surface area contributed by atoms with Gasteiger partial charge in [0, 0.05) is 37.8 Å². The number of guanidine groups is 1. The third-order valence-electron chi connectivity index (χ3n) is 5.40. The molecule has 2 aromatic rings.